The minimum Gasteiger partial charge on any atom is -0.328 e. The lowest BCUT2D eigenvalue weighted by Crippen LogP contribution is -1.83. The number of rotatable bonds is 17. The summed E-state index contributed by atoms with van der Waals surface area (Å²) in [6.45, 7) is 6.06. The molecule has 0 aromatic rings. The maximum atomic E-state index is 7.23. The van der Waals surface area contributed by atoms with Crippen LogP contribution in [-0.4, -0.2) is 14.7 Å². The van der Waals surface area contributed by atoms with Gasteiger partial charge in [0.25, 0.3) is 0 Å². The van der Waals surface area contributed by atoms with Crippen molar-refractivity contribution in [1.29, 1.82) is 0 Å². The van der Waals surface area contributed by atoms with Crippen LogP contribution in [-0.2, 0) is 0 Å². The Morgan fingerprint density at radius 3 is 1.08 bits per heavy atom. The fraction of sp³-hybridized carbons (Fsp3) is 0.900. The van der Waals surface area contributed by atoms with Crippen molar-refractivity contribution in [3.63, 3.8) is 0 Å². The average Bonchev–Trinajstić information content (AvgIpc) is 2.54. The Balaban J connectivity index is 0. The average molecular weight is 363 g/mol. The molecule has 3 N–H and O–H groups in total. The van der Waals surface area contributed by atoms with E-state index in [1.165, 1.54) is 109 Å². The highest BCUT2D eigenvalue weighted by Gasteiger charge is 1.94. The van der Waals surface area contributed by atoms with Gasteiger partial charge in [-0.2, -0.15) is 0 Å². The van der Waals surface area contributed by atoms with Crippen molar-refractivity contribution in [2.45, 2.75) is 116 Å². The molecule has 0 spiro atoms. The zero-order valence-electron chi connectivity index (χ0n) is 16.1. The maximum Gasteiger partial charge on any atom is 0.324 e. The van der Waals surface area contributed by atoms with Crippen molar-refractivity contribution < 1.29 is 14.7 Å². The predicted molar refractivity (Wildman–Crippen MR) is 108 cm³/mol. The molecular formula is C20H43O3P. The molecule has 0 amide bonds. The SMILES string of the molecule is C=CCCCCCCCCCCCCCCCCCC.OP(O)O. The highest BCUT2D eigenvalue weighted by Crippen LogP contribution is 2.14. The summed E-state index contributed by atoms with van der Waals surface area (Å²) in [5.74, 6) is 0. The molecule has 0 aromatic carbocycles. The van der Waals surface area contributed by atoms with Gasteiger partial charge >= 0.3 is 8.60 Å². The van der Waals surface area contributed by atoms with Gasteiger partial charge in [-0.3, -0.25) is 0 Å². The third-order valence-corrected chi connectivity index (χ3v) is 4.26. The molecule has 146 valence electrons. The molecule has 0 saturated carbocycles. The molecule has 0 radical (unpaired) electrons. The summed E-state index contributed by atoms with van der Waals surface area (Å²) in [6.07, 6.45) is 26.4. The van der Waals surface area contributed by atoms with Gasteiger partial charge in [-0.05, 0) is 12.8 Å². The van der Waals surface area contributed by atoms with Crippen LogP contribution >= 0.6 is 8.60 Å². The van der Waals surface area contributed by atoms with Crippen molar-refractivity contribution in [3.8, 4) is 0 Å². The monoisotopic (exact) mass is 362 g/mol. The molecule has 0 atom stereocenters. The summed E-state index contributed by atoms with van der Waals surface area (Å²) >= 11 is 0. The van der Waals surface area contributed by atoms with E-state index >= 15 is 0 Å². The van der Waals surface area contributed by atoms with Crippen molar-refractivity contribution in [1.82, 2.24) is 0 Å². The normalized spacial score (nSPS) is 10.5. The zero-order chi connectivity index (χ0) is 18.3. The van der Waals surface area contributed by atoms with Gasteiger partial charge in [0.15, 0.2) is 0 Å². The number of hydrogen-bond acceptors (Lipinski definition) is 3. The summed E-state index contributed by atoms with van der Waals surface area (Å²) in [4.78, 5) is 21.7. The maximum absolute atomic E-state index is 7.23. The fourth-order valence-corrected chi connectivity index (χ4v) is 2.84. The first-order chi connectivity index (χ1) is 11.6. The molecule has 4 heteroatoms. The van der Waals surface area contributed by atoms with Gasteiger partial charge in [0.2, 0.25) is 0 Å². The minimum absolute atomic E-state index is 1.21. The van der Waals surface area contributed by atoms with E-state index in [1.807, 2.05) is 6.08 Å². The van der Waals surface area contributed by atoms with Crippen LogP contribution in [0.3, 0.4) is 0 Å². The lowest BCUT2D eigenvalue weighted by molar-refractivity contribution is 0.368. The van der Waals surface area contributed by atoms with E-state index in [2.05, 4.69) is 13.5 Å². The second-order valence-corrected chi connectivity index (χ2v) is 7.19. The van der Waals surface area contributed by atoms with Gasteiger partial charge < -0.3 is 14.7 Å². The largest absolute Gasteiger partial charge is 0.328 e. The molecule has 0 fully saturated rings. The van der Waals surface area contributed by atoms with Gasteiger partial charge in [-0.15, -0.1) is 6.58 Å². The Kier molecular flexibility index (Phi) is 27.7. The first kappa shape index (κ1) is 26.3. The Morgan fingerprint density at radius 1 is 0.583 bits per heavy atom. The quantitative estimate of drug-likeness (QED) is 0.148. The molecule has 0 aliphatic heterocycles. The van der Waals surface area contributed by atoms with Crippen molar-refractivity contribution in [2.24, 2.45) is 0 Å². The number of unbranched alkanes of at least 4 members (excludes halogenated alkanes) is 16. The van der Waals surface area contributed by atoms with E-state index in [1.54, 1.807) is 0 Å². The summed E-state index contributed by atoms with van der Waals surface area (Å²) in [5.41, 5.74) is 0. The van der Waals surface area contributed by atoms with Crippen LogP contribution in [0.4, 0.5) is 0 Å². The Labute approximate surface area is 152 Å². The molecule has 24 heavy (non-hydrogen) atoms. The second kappa shape index (κ2) is 25.3. The van der Waals surface area contributed by atoms with Crippen LogP contribution in [0.25, 0.3) is 0 Å². The molecule has 0 heterocycles. The molecule has 3 nitrogen and oxygen atoms in total. The molecular weight excluding hydrogens is 319 g/mol. The second-order valence-electron chi connectivity index (χ2n) is 6.65. The van der Waals surface area contributed by atoms with E-state index < -0.39 is 8.60 Å². The lowest BCUT2D eigenvalue weighted by Gasteiger charge is -2.03. The standard InChI is InChI=1S/C20H40.H3O3P/c1-3-5-7-9-11-13-15-17-19-20-18-16-14-12-10-8-6-4-2;1-4(2)3/h3H,1,4-20H2,2H3;1-3H. The van der Waals surface area contributed by atoms with Gasteiger partial charge in [0.05, 0.1) is 0 Å². The molecule has 0 saturated heterocycles. The molecule has 0 rings (SSSR count). The first-order valence-electron chi connectivity index (χ1n) is 10.1. The summed E-state index contributed by atoms with van der Waals surface area (Å²) in [5, 5.41) is 0. The van der Waals surface area contributed by atoms with E-state index in [0.29, 0.717) is 0 Å². The van der Waals surface area contributed by atoms with E-state index in [4.69, 9.17) is 14.7 Å². The van der Waals surface area contributed by atoms with Gasteiger partial charge in [-0.25, -0.2) is 0 Å². The highest BCUT2D eigenvalue weighted by molar-refractivity contribution is 7.38. The predicted octanol–water partition coefficient (Wildman–Crippen LogP) is 7.01. The first-order valence-corrected chi connectivity index (χ1v) is 11.3. The minimum atomic E-state index is -2.62. The van der Waals surface area contributed by atoms with E-state index in [-0.39, 0.29) is 0 Å². The van der Waals surface area contributed by atoms with Gasteiger partial charge in [-0.1, -0.05) is 109 Å². The topological polar surface area (TPSA) is 60.7 Å². The number of allylic oxidation sites excluding steroid dienone is 1. The third-order valence-electron chi connectivity index (χ3n) is 4.26. The summed E-state index contributed by atoms with van der Waals surface area (Å²) in [7, 11) is -2.62. The molecule has 0 aliphatic rings. The van der Waals surface area contributed by atoms with Gasteiger partial charge in [0, 0.05) is 0 Å². The molecule has 0 unspecified atom stereocenters. The fourth-order valence-electron chi connectivity index (χ4n) is 2.84. The van der Waals surface area contributed by atoms with Gasteiger partial charge in [0.1, 0.15) is 0 Å². The summed E-state index contributed by atoms with van der Waals surface area (Å²) < 4.78 is 0. The molecule has 0 aliphatic carbocycles. The molecule has 0 bridgehead atoms. The van der Waals surface area contributed by atoms with Crippen LogP contribution < -0.4 is 0 Å². The zero-order valence-corrected chi connectivity index (χ0v) is 17.0. The van der Waals surface area contributed by atoms with Crippen LogP contribution in [0.15, 0.2) is 12.7 Å². The Hall–Kier alpha value is 0.0500. The summed E-state index contributed by atoms with van der Waals surface area (Å²) in [6, 6.07) is 0. The van der Waals surface area contributed by atoms with Crippen molar-refractivity contribution in [3.05, 3.63) is 12.7 Å². The van der Waals surface area contributed by atoms with E-state index in [9.17, 15) is 0 Å². The van der Waals surface area contributed by atoms with Crippen LogP contribution in [0, 0.1) is 0 Å². The molecule has 0 aromatic heterocycles. The van der Waals surface area contributed by atoms with Crippen LogP contribution in [0.2, 0.25) is 0 Å². The Bertz CT molecular complexity index is 220. The highest BCUT2D eigenvalue weighted by atomic mass is 31.2. The van der Waals surface area contributed by atoms with Crippen molar-refractivity contribution in [2.75, 3.05) is 0 Å². The van der Waals surface area contributed by atoms with E-state index in [0.717, 1.165) is 0 Å². The Morgan fingerprint density at radius 2 is 0.833 bits per heavy atom. The third kappa shape index (κ3) is 33.6. The number of hydrogen-bond donors (Lipinski definition) is 3. The lowest BCUT2D eigenvalue weighted by atomic mass is 10.0. The smallest absolute Gasteiger partial charge is 0.324 e. The van der Waals surface area contributed by atoms with Crippen molar-refractivity contribution >= 4 is 8.60 Å². The van der Waals surface area contributed by atoms with Crippen LogP contribution in [0.1, 0.15) is 116 Å². The van der Waals surface area contributed by atoms with Crippen LogP contribution in [0.5, 0.6) is 0 Å².